The fraction of sp³-hybridized carbons (Fsp3) is 0.478. The Bertz CT molecular complexity index is 695. The molecule has 0 unspecified atom stereocenters. The van der Waals surface area contributed by atoms with Crippen molar-refractivity contribution in [1.82, 2.24) is 9.80 Å². The van der Waals surface area contributed by atoms with Crippen molar-refractivity contribution in [3.63, 3.8) is 0 Å². The molecule has 0 amide bonds. The lowest BCUT2D eigenvalue weighted by atomic mass is 9.93. The summed E-state index contributed by atoms with van der Waals surface area (Å²) in [6.07, 6.45) is 5.81. The van der Waals surface area contributed by atoms with Gasteiger partial charge in [-0.3, -0.25) is 9.80 Å². The average Bonchev–Trinajstić information content (AvgIpc) is 2.69. The highest BCUT2D eigenvalue weighted by molar-refractivity contribution is 5.46. The van der Waals surface area contributed by atoms with E-state index in [4.69, 9.17) is 0 Å². The summed E-state index contributed by atoms with van der Waals surface area (Å²) in [6, 6.07) is 20.9. The Balaban J connectivity index is 1.63. The van der Waals surface area contributed by atoms with Crippen LogP contribution >= 0.6 is 0 Å². The van der Waals surface area contributed by atoms with Crippen LogP contribution < -0.4 is 4.90 Å². The van der Waals surface area contributed by atoms with E-state index in [1.807, 2.05) is 0 Å². The van der Waals surface area contributed by atoms with Crippen molar-refractivity contribution in [1.29, 1.82) is 0 Å². The van der Waals surface area contributed by atoms with Crippen molar-refractivity contribution in [3.8, 4) is 0 Å². The first-order valence-corrected chi connectivity index (χ1v) is 10.0. The van der Waals surface area contributed by atoms with Gasteiger partial charge in [-0.1, -0.05) is 48.9 Å². The van der Waals surface area contributed by atoms with E-state index in [2.05, 4.69) is 83.4 Å². The fourth-order valence-electron chi connectivity index (χ4n) is 4.63. The minimum atomic E-state index is 0.408. The van der Waals surface area contributed by atoms with Gasteiger partial charge < -0.3 is 4.90 Å². The van der Waals surface area contributed by atoms with Crippen LogP contribution in [0.2, 0.25) is 0 Å². The van der Waals surface area contributed by atoms with Crippen LogP contribution in [0.4, 0.5) is 5.69 Å². The van der Waals surface area contributed by atoms with Gasteiger partial charge in [0.1, 0.15) is 0 Å². The maximum absolute atomic E-state index is 2.78. The molecule has 3 heteroatoms. The van der Waals surface area contributed by atoms with Crippen molar-refractivity contribution in [2.45, 2.75) is 44.4 Å². The van der Waals surface area contributed by atoms with E-state index in [1.54, 1.807) is 0 Å². The van der Waals surface area contributed by atoms with Crippen molar-refractivity contribution < 1.29 is 0 Å². The Morgan fingerprint density at radius 2 is 1.65 bits per heavy atom. The van der Waals surface area contributed by atoms with Crippen molar-refractivity contribution in [2.24, 2.45) is 0 Å². The summed E-state index contributed by atoms with van der Waals surface area (Å²) in [7, 11) is 4.22. The minimum Gasteiger partial charge on any atom is -0.378 e. The highest BCUT2D eigenvalue weighted by atomic mass is 15.4. The lowest BCUT2D eigenvalue weighted by molar-refractivity contribution is -0.0566. The molecular weight excluding hydrogens is 318 g/mol. The number of fused-ring (bicyclic) bond motifs is 1. The number of hydrogen-bond donors (Lipinski definition) is 0. The molecule has 2 aliphatic heterocycles. The van der Waals surface area contributed by atoms with E-state index in [1.165, 1.54) is 55.6 Å². The Labute approximate surface area is 158 Å². The summed E-state index contributed by atoms with van der Waals surface area (Å²) in [4.78, 5) is 7.64. The van der Waals surface area contributed by atoms with Gasteiger partial charge in [-0.25, -0.2) is 0 Å². The van der Waals surface area contributed by atoms with Gasteiger partial charge in [0.15, 0.2) is 0 Å². The minimum absolute atomic E-state index is 0.408. The van der Waals surface area contributed by atoms with Crippen LogP contribution in [0.3, 0.4) is 0 Å². The van der Waals surface area contributed by atoms with E-state index < -0.39 is 0 Å². The number of rotatable bonds is 4. The summed E-state index contributed by atoms with van der Waals surface area (Å²) in [5, 5.41) is 0. The average molecular weight is 350 g/mol. The van der Waals surface area contributed by atoms with Crippen molar-refractivity contribution in [2.75, 3.05) is 32.1 Å². The van der Waals surface area contributed by atoms with Crippen LogP contribution in [0.25, 0.3) is 0 Å². The Morgan fingerprint density at radius 3 is 2.38 bits per heavy atom. The van der Waals surface area contributed by atoms with E-state index in [0.29, 0.717) is 6.17 Å². The lowest BCUT2D eigenvalue weighted by Gasteiger charge is -2.51. The maximum atomic E-state index is 2.78. The van der Waals surface area contributed by atoms with Crippen molar-refractivity contribution in [3.05, 3.63) is 65.7 Å². The van der Waals surface area contributed by atoms with Gasteiger partial charge in [0.25, 0.3) is 0 Å². The molecule has 138 valence electrons. The van der Waals surface area contributed by atoms with E-state index >= 15 is 0 Å². The molecule has 2 aliphatic rings. The third-order valence-electron chi connectivity index (χ3n) is 6.02. The second-order valence-electron chi connectivity index (χ2n) is 7.99. The monoisotopic (exact) mass is 349 g/mol. The number of hydrogen-bond acceptors (Lipinski definition) is 3. The van der Waals surface area contributed by atoms with E-state index in [9.17, 15) is 0 Å². The Kier molecular flexibility index (Phi) is 5.28. The van der Waals surface area contributed by atoms with Crippen LogP contribution in [0.5, 0.6) is 0 Å². The van der Waals surface area contributed by atoms with Gasteiger partial charge in [-0.05, 0) is 42.5 Å². The predicted octanol–water partition coefficient (Wildman–Crippen LogP) is 4.51. The zero-order chi connectivity index (χ0) is 17.9. The van der Waals surface area contributed by atoms with Crippen LogP contribution in [0, 0.1) is 0 Å². The Hall–Kier alpha value is -1.84. The SMILES string of the molecule is CN(C)c1ccc([C@H]2N(Cc3ccccc3)CC[C@@H]3CCCCN32)cc1. The molecule has 2 fully saturated rings. The number of piperidine rings is 1. The molecule has 2 atom stereocenters. The standard InChI is InChI=1S/C23H31N3/c1-24(2)21-13-11-20(12-14-21)23-25(18-19-8-4-3-5-9-19)17-15-22-10-6-7-16-26(22)23/h3-5,8-9,11-14,22-23H,6-7,10,15-18H2,1-2H3/t22-,23-/m0/s1. The highest BCUT2D eigenvalue weighted by Gasteiger charge is 2.37. The molecule has 2 aromatic carbocycles. The van der Waals surface area contributed by atoms with Crippen LogP contribution in [0.1, 0.15) is 43.0 Å². The fourth-order valence-corrected chi connectivity index (χ4v) is 4.63. The van der Waals surface area contributed by atoms with Gasteiger partial charge in [0.2, 0.25) is 0 Å². The lowest BCUT2D eigenvalue weighted by Crippen LogP contribution is -2.54. The predicted molar refractivity (Wildman–Crippen MR) is 109 cm³/mol. The number of benzene rings is 2. The normalized spacial score (nSPS) is 24.2. The molecule has 3 nitrogen and oxygen atoms in total. The third kappa shape index (κ3) is 3.65. The quantitative estimate of drug-likeness (QED) is 0.804. The molecule has 0 spiro atoms. The summed E-state index contributed by atoms with van der Waals surface area (Å²) in [5.41, 5.74) is 4.13. The third-order valence-corrected chi connectivity index (χ3v) is 6.02. The molecule has 2 heterocycles. The molecule has 0 N–H and O–H groups in total. The van der Waals surface area contributed by atoms with Gasteiger partial charge >= 0.3 is 0 Å². The molecule has 2 saturated heterocycles. The first-order chi connectivity index (χ1) is 12.7. The van der Waals surface area contributed by atoms with Crippen LogP contribution in [-0.2, 0) is 6.54 Å². The van der Waals surface area contributed by atoms with Crippen LogP contribution in [-0.4, -0.2) is 43.0 Å². The molecule has 0 saturated carbocycles. The smallest absolute Gasteiger partial charge is 0.0891 e. The van der Waals surface area contributed by atoms with Gasteiger partial charge in [-0.2, -0.15) is 0 Å². The number of nitrogens with zero attached hydrogens (tertiary/aromatic N) is 3. The van der Waals surface area contributed by atoms with Gasteiger partial charge in [0, 0.05) is 45.5 Å². The van der Waals surface area contributed by atoms with Gasteiger partial charge in [0.05, 0.1) is 6.17 Å². The Morgan fingerprint density at radius 1 is 0.885 bits per heavy atom. The van der Waals surface area contributed by atoms with E-state index in [-0.39, 0.29) is 0 Å². The summed E-state index contributed by atoms with van der Waals surface area (Å²) < 4.78 is 0. The summed E-state index contributed by atoms with van der Waals surface area (Å²) >= 11 is 0. The molecular formula is C23H31N3. The topological polar surface area (TPSA) is 9.72 Å². The summed E-state index contributed by atoms with van der Waals surface area (Å²) in [5.74, 6) is 0. The molecule has 0 aromatic heterocycles. The molecule has 0 aliphatic carbocycles. The second-order valence-corrected chi connectivity index (χ2v) is 7.99. The van der Waals surface area contributed by atoms with Crippen molar-refractivity contribution >= 4 is 5.69 Å². The van der Waals surface area contributed by atoms with Crippen LogP contribution in [0.15, 0.2) is 54.6 Å². The second kappa shape index (κ2) is 7.81. The van der Waals surface area contributed by atoms with E-state index in [0.717, 1.165) is 12.6 Å². The molecule has 0 bridgehead atoms. The molecule has 26 heavy (non-hydrogen) atoms. The zero-order valence-electron chi connectivity index (χ0n) is 16.1. The zero-order valence-corrected chi connectivity index (χ0v) is 16.1. The largest absolute Gasteiger partial charge is 0.378 e. The molecule has 4 rings (SSSR count). The first-order valence-electron chi connectivity index (χ1n) is 10.0. The molecule has 2 aromatic rings. The summed E-state index contributed by atoms with van der Waals surface area (Å²) in [6.45, 7) is 3.45. The highest BCUT2D eigenvalue weighted by Crippen LogP contribution is 2.38. The molecule has 0 radical (unpaired) electrons. The maximum Gasteiger partial charge on any atom is 0.0891 e. The first kappa shape index (κ1) is 17.6. The number of anilines is 1. The van der Waals surface area contributed by atoms with Gasteiger partial charge in [-0.15, -0.1) is 0 Å².